The first-order valence-electron chi connectivity index (χ1n) is 19.7. The van der Waals surface area contributed by atoms with Crippen molar-refractivity contribution < 1.29 is 134 Å². The lowest BCUT2D eigenvalue weighted by atomic mass is 9.87. The van der Waals surface area contributed by atoms with Gasteiger partial charge < -0.3 is 125 Å². The Labute approximate surface area is 362 Å². The van der Waals surface area contributed by atoms with Gasteiger partial charge in [0.1, 0.15) is 85.5 Å². The lowest BCUT2D eigenvalue weighted by Crippen LogP contribution is -2.72. The third-order valence-electron chi connectivity index (χ3n) is 11.2. The van der Waals surface area contributed by atoms with Gasteiger partial charge in [0.25, 0.3) is 11.6 Å². The number of aliphatic hydroxyl groups is 13. The van der Waals surface area contributed by atoms with Crippen LogP contribution in [0.25, 0.3) is 0 Å². The number of hydrogen-bond acceptors (Lipinski definition) is 25. The summed E-state index contributed by atoms with van der Waals surface area (Å²) in [5.41, 5.74) is 0. The highest BCUT2D eigenvalue weighted by atomic mass is 16.8. The van der Waals surface area contributed by atoms with Crippen molar-refractivity contribution in [2.24, 2.45) is 0 Å². The van der Waals surface area contributed by atoms with Gasteiger partial charge in [0.2, 0.25) is 11.8 Å². The number of hydrogen-bond donors (Lipinski definition) is 17. The van der Waals surface area contributed by atoms with Crippen LogP contribution in [0, 0.1) is 0 Å². The summed E-state index contributed by atoms with van der Waals surface area (Å²) in [7, 11) is 1.12. The van der Waals surface area contributed by atoms with E-state index in [1.165, 1.54) is 0 Å². The predicted octanol–water partition coefficient (Wildman–Crippen LogP) is -10.4. The molecule has 0 spiro atoms. The molecule has 4 aliphatic heterocycles. The maximum absolute atomic E-state index is 13.2. The fourth-order valence-corrected chi connectivity index (χ4v) is 7.94. The number of amides is 2. The Morgan fingerprint density at radius 2 is 1.16 bits per heavy atom. The van der Waals surface area contributed by atoms with E-state index in [1.54, 1.807) is 0 Å². The number of nitrogens with one attached hydrogen (secondary N) is 2. The molecule has 0 aromatic rings. The van der Waals surface area contributed by atoms with E-state index in [1.807, 2.05) is 0 Å². The molecule has 29 heteroatoms. The Bertz CT molecular complexity index is 1580. The van der Waals surface area contributed by atoms with Crippen molar-refractivity contribution in [1.82, 2.24) is 10.6 Å². The predicted molar refractivity (Wildman–Crippen MR) is 196 cm³/mol. The van der Waals surface area contributed by atoms with E-state index in [0.717, 1.165) is 21.0 Å². The Morgan fingerprint density at radius 1 is 0.656 bits per heavy atom. The minimum absolute atomic E-state index is 0.832. The van der Waals surface area contributed by atoms with Crippen LogP contribution >= 0.6 is 0 Å². The molecule has 64 heavy (non-hydrogen) atoms. The van der Waals surface area contributed by atoms with Crippen LogP contribution < -0.4 is 10.6 Å². The average molecular weight is 939 g/mol. The number of carbonyl (C=O) groups is 4. The van der Waals surface area contributed by atoms with Crippen LogP contribution in [0.2, 0.25) is 0 Å². The van der Waals surface area contributed by atoms with E-state index >= 15 is 0 Å². The minimum atomic E-state index is -3.32. The van der Waals surface area contributed by atoms with Gasteiger partial charge in [-0.1, -0.05) is 0 Å². The molecule has 4 heterocycles. The molecular formula is C35H58N2O27. The van der Waals surface area contributed by atoms with Gasteiger partial charge in [-0.15, -0.1) is 0 Å². The highest BCUT2D eigenvalue weighted by Crippen LogP contribution is 2.40. The van der Waals surface area contributed by atoms with Crippen LogP contribution in [0.1, 0.15) is 26.7 Å². The topological polar surface area (TPSA) is 470 Å². The first-order chi connectivity index (χ1) is 30.0. The molecule has 2 amide bonds. The molecule has 22 atom stereocenters. The monoisotopic (exact) mass is 938 g/mol. The van der Waals surface area contributed by atoms with Crippen LogP contribution in [0.15, 0.2) is 0 Å². The number of carboxylic acids is 2. The molecule has 0 aromatic heterocycles. The number of carbonyl (C=O) groups excluding carboxylic acids is 2. The standard InChI is InChI=1S/C35H58N2O27/c1-10(42)36-18-12(44)4-34(32(53)54,62-27(18)20(47)14(46)6-38)61-16(8-40)22(49)28-19(37-11(2)43)13(45)5-35(63-28,33(55)56)64-29-21(48)15(7-39)58-31(25(29)52)60-26-17(9-41)59-30(57-3)24(51)23(26)50/h12-31,38-41,44-52H,4-9H2,1-3H3,(H,36,42)(H,37,43)(H,53,54)(H,55,56)/t12?,13?,14-,15?,16?,17?,18?,19?,20-,21?,22-,23?,24?,25?,26?,27?,28?,29?,30?,31?,34?,35?/m1/s1. The van der Waals surface area contributed by atoms with Crippen molar-refractivity contribution in [2.45, 2.75) is 161 Å². The minimum Gasteiger partial charge on any atom is -0.477 e. The second-order valence-electron chi connectivity index (χ2n) is 15.7. The number of ether oxygens (including phenoxy) is 8. The normalized spacial score (nSPS) is 42.4. The van der Waals surface area contributed by atoms with Gasteiger partial charge in [-0.3, -0.25) is 9.59 Å². The molecule has 29 nitrogen and oxygen atoms in total. The summed E-state index contributed by atoms with van der Waals surface area (Å²) < 4.78 is 43.9. The summed E-state index contributed by atoms with van der Waals surface area (Å²) in [5, 5.41) is 164. The highest BCUT2D eigenvalue weighted by Gasteiger charge is 2.62. The summed E-state index contributed by atoms with van der Waals surface area (Å²) in [4.78, 5) is 50.4. The van der Waals surface area contributed by atoms with Crippen LogP contribution in [-0.4, -0.2) is 268 Å². The quantitative estimate of drug-likeness (QED) is 0.0572. The van der Waals surface area contributed by atoms with Gasteiger partial charge in [0.05, 0.1) is 50.7 Å². The Balaban J connectivity index is 1.71. The zero-order valence-electron chi connectivity index (χ0n) is 34.4. The van der Waals surface area contributed by atoms with Gasteiger partial charge in [-0.2, -0.15) is 0 Å². The Morgan fingerprint density at radius 3 is 1.62 bits per heavy atom. The number of methoxy groups -OCH3 is 1. The number of aliphatic hydroxyl groups excluding tert-OH is 13. The maximum atomic E-state index is 13.2. The van der Waals surface area contributed by atoms with Crippen molar-refractivity contribution in [3.63, 3.8) is 0 Å². The molecule has 0 saturated carbocycles. The SMILES string of the molecule is COC1OC(CO)C(OC2OC(CO)C(O)C(OC3(C(=O)O)CC(O)C(NC(C)=O)C([C@H](O)C(CO)OC4(C(=O)O)CC(O)C(NC(C)=O)C([C@H](O)[C@H](O)CO)O4)O3)C2O)C(O)C1O. The number of carboxylic acid groups (broad SMARTS) is 2. The van der Waals surface area contributed by atoms with Gasteiger partial charge in [0, 0.05) is 33.8 Å². The molecule has 0 bridgehead atoms. The van der Waals surface area contributed by atoms with Crippen LogP contribution in [0.4, 0.5) is 0 Å². The maximum Gasteiger partial charge on any atom is 0.364 e. The van der Waals surface area contributed by atoms with Gasteiger partial charge >= 0.3 is 11.9 Å². The Kier molecular flexibility index (Phi) is 18.6. The zero-order valence-corrected chi connectivity index (χ0v) is 34.4. The van der Waals surface area contributed by atoms with Crippen molar-refractivity contribution in [3.8, 4) is 0 Å². The summed E-state index contributed by atoms with van der Waals surface area (Å²) in [5.74, 6) is -12.6. The van der Waals surface area contributed by atoms with Crippen molar-refractivity contribution >= 4 is 23.8 Å². The second-order valence-corrected chi connectivity index (χ2v) is 15.7. The molecule has 4 rings (SSSR count). The fourth-order valence-electron chi connectivity index (χ4n) is 7.94. The van der Waals surface area contributed by atoms with Crippen molar-refractivity contribution in [2.75, 3.05) is 33.5 Å². The summed E-state index contributed by atoms with van der Waals surface area (Å²) >= 11 is 0. The fraction of sp³-hybridized carbons (Fsp3) is 0.886. The Hall–Kier alpha value is -2.96. The third kappa shape index (κ3) is 11.2. The van der Waals surface area contributed by atoms with Gasteiger partial charge in [0.15, 0.2) is 12.6 Å². The third-order valence-corrected chi connectivity index (χ3v) is 11.2. The number of rotatable bonds is 19. The first kappa shape index (κ1) is 53.7. The van der Waals surface area contributed by atoms with Gasteiger partial charge in [-0.25, -0.2) is 9.59 Å². The van der Waals surface area contributed by atoms with Crippen molar-refractivity contribution in [3.05, 3.63) is 0 Å². The summed E-state index contributed by atoms with van der Waals surface area (Å²) in [6, 6.07) is -3.55. The van der Waals surface area contributed by atoms with E-state index in [0.29, 0.717) is 0 Å². The van der Waals surface area contributed by atoms with Gasteiger partial charge in [-0.05, 0) is 0 Å². The van der Waals surface area contributed by atoms with E-state index in [-0.39, 0.29) is 0 Å². The molecule has 0 aliphatic carbocycles. The van der Waals surface area contributed by atoms with Crippen LogP contribution in [-0.2, 0) is 57.1 Å². The first-order valence-corrected chi connectivity index (χ1v) is 19.7. The summed E-state index contributed by atoms with van der Waals surface area (Å²) in [6.07, 6.45) is -39.3. The molecule has 19 unspecified atom stereocenters. The smallest absolute Gasteiger partial charge is 0.364 e. The van der Waals surface area contributed by atoms with Crippen molar-refractivity contribution in [1.29, 1.82) is 0 Å². The molecular weight excluding hydrogens is 880 g/mol. The van der Waals surface area contributed by atoms with E-state index < -0.39 is 197 Å². The lowest BCUT2D eigenvalue weighted by molar-refractivity contribution is -0.387. The van der Waals surface area contributed by atoms with Crippen LogP contribution in [0.3, 0.4) is 0 Å². The zero-order chi connectivity index (χ0) is 48.2. The molecule has 370 valence electrons. The van der Waals surface area contributed by atoms with E-state index in [4.69, 9.17) is 37.9 Å². The van der Waals surface area contributed by atoms with Crippen LogP contribution in [0.5, 0.6) is 0 Å². The largest absolute Gasteiger partial charge is 0.477 e. The number of aliphatic carboxylic acids is 2. The second kappa shape index (κ2) is 22.2. The summed E-state index contributed by atoms with van der Waals surface area (Å²) in [6.45, 7) is -2.62. The molecule has 0 aromatic carbocycles. The highest BCUT2D eigenvalue weighted by molar-refractivity contribution is 5.77. The lowest BCUT2D eigenvalue weighted by Gasteiger charge is -2.51. The average Bonchev–Trinajstić information content (AvgIpc) is 3.24. The molecule has 4 saturated heterocycles. The molecule has 4 fully saturated rings. The molecule has 0 radical (unpaired) electrons. The molecule has 17 N–H and O–H groups in total. The van der Waals surface area contributed by atoms with E-state index in [9.17, 15) is 95.8 Å². The van der Waals surface area contributed by atoms with E-state index in [2.05, 4.69) is 10.6 Å². The molecule has 4 aliphatic rings.